The highest BCUT2D eigenvalue weighted by molar-refractivity contribution is 5.84. The van der Waals surface area contributed by atoms with Crippen LogP contribution >= 0.6 is 0 Å². The summed E-state index contributed by atoms with van der Waals surface area (Å²) in [5.74, 6) is -1.08. The Balaban J connectivity index is 4.30. The van der Waals surface area contributed by atoms with Gasteiger partial charge in [0.25, 0.3) is 0 Å². The van der Waals surface area contributed by atoms with E-state index in [-0.39, 0.29) is 0 Å². The minimum Gasteiger partial charge on any atom is -0.394 e. The molecule has 7 heteroatoms. The minimum atomic E-state index is -1.99. The molecule has 0 amide bonds. The second-order valence-corrected chi connectivity index (χ2v) is 2.80. The van der Waals surface area contributed by atoms with E-state index in [0.29, 0.717) is 0 Å². The lowest BCUT2D eigenvalue weighted by Gasteiger charge is -2.24. The average Bonchev–Trinajstić information content (AvgIpc) is 2.23. The van der Waals surface area contributed by atoms with Gasteiger partial charge < -0.3 is 30.6 Å². The van der Waals surface area contributed by atoms with Crippen molar-refractivity contribution in [3.63, 3.8) is 0 Å². The number of carbonyl (C=O) groups is 1. The van der Waals surface area contributed by atoms with Crippen LogP contribution in [0.25, 0.3) is 0 Å². The van der Waals surface area contributed by atoms with Crippen LogP contribution in [-0.4, -0.2) is 74.1 Å². The maximum atomic E-state index is 10.7. The molecule has 7 nitrogen and oxygen atoms in total. The van der Waals surface area contributed by atoms with Crippen molar-refractivity contribution in [1.82, 2.24) is 0 Å². The van der Waals surface area contributed by atoms with Gasteiger partial charge in [0, 0.05) is 0 Å². The van der Waals surface area contributed by atoms with Crippen molar-refractivity contribution in [3.8, 4) is 0 Å². The van der Waals surface area contributed by atoms with Crippen molar-refractivity contribution < 1.29 is 35.4 Å². The van der Waals surface area contributed by atoms with E-state index in [2.05, 4.69) is 0 Å². The second kappa shape index (κ2) is 6.02. The Morgan fingerprint density at radius 2 is 1.50 bits per heavy atom. The van der Waals surface area contributed by atoms with Crippen LogP contribution in [0.1, 0.15) is 0 Å². The molecule has 0 aliphatic carbocycles. The molecule has 0 heterocycles. The maximum Gasteiger partial charge on any atom is 0.189 e. The van der Waals surface area contributed by atoms with Gasteiger partial charge in [-0.3, -0.25) is 4.79 Å². The number of ketones is 1. The Morgan fingerprint density at radius 1 is 1.00 bits per heavy atom. The third-order valence-corrected chi connectivity index (χ3v) is 1.74. The van der Waals surface area contributed by atoms with Gasteiger partial charge >= 0.3 is 0 Å². The summed E-state index contributed by atoms with van der Waals surface area (Å²) < 4.78 is 0. The molecule has 0 spiro atoms. The van der Waals surface area contributed by atoms with E-state index in [1.807, 2.05) is 0 Å². The summed E-state index contributed by atoms with van der Waals surface area (Å²) in [6.45, 7) is -1.81. The van der Waals surface area contributed by atoms with Crippen molar-refractivity contribution in [2.45, 2.75) is 24.4 Å². The molecule has 0 saturated heterocycles. The van der Waals surface area contributed by atoms with Crippen LogP contribution in [0.15, 0.2) is 0 Å². The molecule has 0 fully saturated rings. The summed E-state index contributed by atoms with van der Waals surface area (Å²) in [7, 11) is 0. The molecule has 0 aromatic carbocycles. The standard InChI is InChI=1S/C7H14O7/c8-1-3(10)5(12)7(14)6(13)4(11)2-9/h3,5-10,12-14H,1-2H2/t3-,5-,6+,7-/m1/s1. The topological polar surface area (TPSA) is 138 Å². The molecule has 0 rings (SSSR count). The number of hydrogen-bond donors (Lipinski definition) is 6. The van der Waals surface area contributed by atoms with E-state index < -0.39 is 43.4 Å². The monoisotopic (exact) mass is 210 g/mol. The Morgan fingerprint density at radius 3 is 1.86 bits per heavy atom. The second-order valence-electron chi connectivity index (χ2n) is 2.80. The van der Waals surface area contributed by atoms with Gasteiger partial charge in [0.15, 0.2) is 5.78 Å². The number of Topliss-reactive ketones (excluding diaryl/α,β-unsaturated/α-hetero) is 1. The molecular formula is C7H14O7. The first kappa shape index (κ1) is 13.4. The van der Waals surface area contributed by atoms with Gasteiger partial charge in [-0.25, -0.2) is 0 Å². The summed E-state index contributed by atoms with van der Waals surface area (Å²) >= 11 is 0. The van der Waals surface area contributed by atoms with Crippen molar-refractivity contribution in [1.29, 1.82) is 0 Å². The summed E-state index contributed by atoms with van der Waals surface area (Å²) in [6.07, 6.45) is -7.45. The number of rotatable bonds is 6. The quantitative estimate of drug-likeness (QED) is 0.262. The fraction of sp³-hybridized carbons (Fsp3) is 0.857. The van der Waals surface area contributed by atoms with Crippen LogP contribution in [-0.2, 0) is 4.79 Å². The first-order valence-electron chi connectivity index (χ1n) is 3.92. The highest BCUT2D eigenvalue weighted by Gasteiger charge is 2.33. The van der Waals surface area contributed by atoms with Gasteiger partial charge in [-0.2, -0.15) is 0 Å². The van der Waals surface area contributed by atoms with Crippen LogP contribution in [0.4, 0.5) is 0 Å². The van der Waals surface area contributed by atoms with E-state index >= 15 is 0 Å². The Kier molecular flexibility index (Phi) is 5.77. The van der Waals surface area contributed by atoms with Crippen LogP contribution in [0.2, 0.25) is 0 Å². The fourth-order valence-electron chi connectivity index (χ4n) is 0.806. The summed E-state index contributed by atoms with van der Waals surface area (Å²) in [5.41, 5.74) is 0. The van der Waals surface area contributed by atoms with E-state index in [1.165, 1.54) is 0 Å². The third-order valence-electron chi connectivity index (χ3n) is 1.74. The number of hydrogen-bond acceptors (Lipinski definition) is 7. The first-order chi connectivity index (χ1) is 6.45. The van der Waals surface area contributed by atoms with Crippen molar-refractivity contribution >= 4 is 5.78 Å². The van der Waals surface area contributed by atoms with Gasteiger partial charge in [-0.15, -0.1) is 0 Å². The molecule has 0 aromatic rings. The van der Waals surface area contributed by atoms with E-state index in [1.54, 1.807) is 0 Å². The van der Waals surface area contributed by atoms with Crippen LogP contribution in [0.5, 0.6) is 0 Å². The van der Waals surface area contributed by atoms with Crippen LogP contribution in [0.3, 0.4) is 0 Å². The average molecular weight is 210 g/mol. The molecule has 0 unspecified atom stereocenters. The molecule has 0 aromatic heterocycles. The van der Waals surface area contributed by atoms with Gasteiger partial charge in [0.1, 0.15) is 31.0 Å². The largest absolute Gasteiger partial charge is 0.394 e. The number of carbonyl (C=O) groups excluding carboxylic acids is 1. The van der Waals surface area contributed by atoms with E-state index in [4.69, 9.17) is 30.6 Å². The highest BCUT2D eigenvalue weighted by Crippen LogP contribution is 2.05. The Labute approximate surface area is 79.9 Å². The molecular weight excluding hydrogens is 196 g/mol. The molecule has 14 heavy (non-hydrogen) atoms. The van der Waals surface area contributed by atoms with E-state index in [9.17, 15) is 4.79 Å². The maximum absolute atomic E-state index is 10.7. The van der Waals surface area contributed by atoms with Crippen molar-refractivity contribution in [3.05, 3.63) is 0 Å². The van der Waals surface area contributed by atoms with Crippen LogP contribution < -0.4 is 0 Å². The molecule has 6 N–H and O–H groups in total. The Hall–Kier alpha value is -0.570. The smallest absolute Gasteiger partial charge is 0.189 e. The van der Waals surface area contributed by atoms with Gasteiger partial charge in [-0.1, -0.05) is 0 Å². The molecule has 0 bridgehead atoms. The van der Waals surface area contributed by atoms with E-state index in [0.717, 1.165) is 0 Å². The van der Waals surface area contributed by atoms with Crippen LogP contribution in [0, 0.1) is 0 Å². The summed E-state index contributed by atoms with van der Waals surface area (Å²) in [6, 6.07) is 0. The normalized spacial score (nSPS) is 19.9. The SMILES string of the molecule is O=C(CO)[C@H](O)[C@H](O)[C@H](O)[C@H](O)CO. The Bertz CT molecular complexity index is 183. The molecule has 0 radical (unpaired) electrons. The van der Waals surface area contributed by atoms with Gasteiger partial charge in [0.2, 0.25) is 0 Å². The zero-order chi connectivity index (χ0) is 11.3. The zero-order valence-corrected chi connectivity index (χ0v) is 7.32. The lowest BCUT2D eigenvalue weighted by atomic mass is 10.0. The molecule has 84 valence electrons. The fourth-order valence-corrected chi connectivity index (χ4v) is 0.806. The lowest BCUT2D eigenvalue weighted by molar-refractivity contribution is -0.149. The lowest BCUT2D eigenvalue weighted by Crippen LogP contribution is -2.49. The number of aliphatic hydroxyl groups excluding tert-OH is 6. The first-order valence-corrected chi connectivity index (χ1v) is 3.92. The zero-order valence-electron chi connectivity index (χ0n) is 7.32. The van der Waals surface area contributed by atoms with Crippen molar-refractivity contribution in [2.75, 3.05) is 13.2 Å². The predicted molar refractivity (Wildman–Crippen MR) is 43.2 cm³/mol. The van der Waals surface area contributed by atoms with Gasteiger partial charge in [-0.05, 0) is 0 Å². The molecule has 0 aliphatic heterocycles. The molecule has 4 atom stereocenters. The van der Waals surface area contributed by atoms with Crippen molar-refractivity contribution in [2.24, 2.45) is 0 Å². The van der Waals surface area contributed by atoms with Gasteiger partial charge in [0.05, 0.1) is 6.61 Å². The predicted octanol–water partition coefficient (Wildman–Crippen LogP) is -4.02. The third kappa shape index (κ3) is 3.29. The highest BCUT2D eigenvalue weighted by atomic mass is 16.4. The molecule has 0 aliphatic rings. The number of aliphatic hydroxyl groups is 6. The summed E-state index contributed by atoms with van der Waals surface area (Å²) in [4.78, 5) is 10.7. The summed E-state index contributed by atoms with van der Waals surface area (Å²) in [5, 5.41) is 52.7. The molecule has 0 saturated carbocycles. The minimum absolute atomic E-state index is 0.821.